The van der Waals surface area contributed by atoms with Crippen LogP contribution in [0.2, 0.25) is 0 Å². The summed E-state index contributed by atoms with van der Waals surface area (Å²) in [7, 11) is 0. The van der Waals surface area contributed by atoms with Crippen molar-refractivity contribution < 1.29 is 14.3 Å². The number of esters is 1. The van der Waals surface area contributed by atoms with Crippen LogP contribution in [0.1, 0.15) is 40.2 Å². The third-order valence-corrected chi connectivity index (χ3v) is 6.05. The summed E-state index contributed by atoms with van der Waals surface area (Å²) in [5.41, 5.74) is 0.273. The van der Waals surface area contributed by atoms with Gasteiger partial charge in [-0.2, -0.15) is 4.73 Å². The fraction of sp³-hybridized carbons (Fsp3) is 0.294. The van der Waals surface area contributed by atoms with Gasteiger partial charge in [-0.3, -0.25) is 4.79 Å². The molecule has 0 fully saturated rings. The minimum atomic E-state index is -0.451. The van der Waals surface area contributed by atoms with E-state index in [1.54, 1.807) is 32.0 Å². The van der Waals surface area contributed by atoms with Gasteiger partial charge < -0.3 is 14.9 Å². The Labute approximate surface area is 157 Å². The molecule has 136 valence electrons. The number of nitrogens with zero attached hydrogens (tertiary/aromatic N) is 2. The number of aryl methyl sites for hydroxylation is 1. The Bertz CT molecular complexity index is 1030. The second-order valence-corrected chi connectivity index (χ2v) is 7.89. The lowest BCUT2D eigenvalue weighted by molar-refractivity contribution is -0.645. The SMILES string of the molecule is CCOC(=O)c1sc2nc(C(C)Sc3cccc[n+]3[O-])[nH]c(=O)c2c1C. The van der Waals surface area contributed by atoms with Gasteiger partial charge in [0.15, 0.2) is 6.20 Å². The highest BCUT2D eigenvalue weighted by Crippen LogP contribution is 2.33. The Morgan fingerprint density at radius 1 is 1.50 bits per heavy atom. The van der Waals surface area contributed by atoms with Crippen LogP contribution in [-0.2, 0) is 4.74 Å². The molecule has 9 heteroatoms. The van der Waals surface area contributed by atoms with Crippen molar-refractivity contribution in [2.24, 2.45) is 0 Å². The van der Waals surface area contributed by atoms with Gasteiger partial charge in [0.25, 0.3) is 10.6 Å². The number of thiophene rings is 1. The van der Waals surface area contributed by atoms with Crippen molar-refractivity contribution in [3.8, 4) is 0 Å². The van der Waals surface area contributed by atoms with Gasteiger partial charge in [-0.1, -0.05) is 0 Å². The summed E-state index contributed by atoms with van der Waals surface area (Å²) in [5, 5.41) is 12.5. The first-order valence-corrected chi connectivity index (χ1v) is 9.67. The molecule has 26 heavy (non-hydrogen) atoms. The number of H-pyrrole nitrogens is 1. The molecule has 3 heterocycles. The van der Waals surface area contributed by atoms with Crippen LogP contribution in [0.3, 0.4) is 0 Å². The van der Waals surface area contributed by atoms with Gasteiger partial charge in [-0.15, -0.1) is 11.3 Å². The molecule has 0 aromatic carbocycles. The van der Waals surface area contributed by atoms with E-state index in [9.17, 15) is 14.8 Å². The summed E-state index contributed by atoms with van der Waals surface area (Å²) in [5.74, 6) is 0.000989. The van der Waals surface area contributed by atoms with Crippen molar-refractivity contribution in [3.05, 3.63) is 56.2 Å². The first kappa shape index (κ1) is 18.4. The maximum absolute atomic E-state index is 12.5. The van der Waals surface area contributed by atoms with Crippen molar-refractivity contribution in [3.63, 3.8) is 0 Å². The van der Waals surface area contributed by atoms with E-state index in [1.165, 1.54) is 18.0 Å². The maximum Gasteiger partial charge on any atom is 0.348 e. The van der Waals surface area contributed by atoms with Crippen molar-refractivity contribution in [1.82, 2.24) is 9.97 Å². The van der Waals surface area contributed by atoms with Gasteiger partial charge in [0.1, 0.15) is 15.5 Å². The molecule has 0 amide bonds. The molecule has 0 spiro atoms. The van der Waals surface area contributed by atoms with Crippen LogP contribution >= 0.6 is 23.1 Å². The lowest BCUT2D eigenvalue weighted by Crippen LogP contribution is -2.28. The predicted molar refractivity (Wildman–Crippen MR) is 101 cm³/mol. The van der Waals surface area contributed by atoms with E-state index in [2.05, 4.69) is 9.97 Å². The molecule has 1 atom stereocenters. The molecule has 3 aromatic rings. The zero-order valence-electron chi connectivity index (χ0n) is 14.4. The van der Waals surface area contributed by atoms with Gasteiger partial charge in [0, 0.05) is 12.1 Å². The van der Waals surface area contributed by atoms with Gasteiger partial charge in [-0.05, 0) is 44.2 Å². The van der Waals surface area contributed by atoms with E-state index < -0.39 is 5.97 Å². The Kier molecular flexibility index (Phi) is 5.28. The highest BCUT2D eigenvalue weighted by atomic mass is 32.2. The van der Waals surface area contributed by atoms with Crippen LogP contribution < -0.4 is 10.3 Å². The summed E-state index contributed by atoms with van der Waals surface area (Å²) in [6.45, 7) is 5.56. The first-order valence-electron chi connectivity index (χ1n) is 7.97. The van der Waals surface area contributed by atoms with E-state index in [0.717, 1.165) is 16.1 Å². The van der Waals surface area contributed by atoms with Crippen LogP contribution in [0, 0.1) is 12.1 Å². The number of fused-ring (bicyclic) bond motifs is 1. The third-order valence-electron chi connectivity index (χ3n) is 3.75. The molecule has 0 radical (unpaired) electrons. The Hall–Kier alpha value is -2.39. The van der Waals surface area contributed by atoms with Gasteiger partial charge in [0.2, 0.25) is 0 Å². The van der Waals surface area contributed by atoms with Crippen LogP contribution in [0.15, 0.2) is 34.2 Å². The summed E-state index contributed by atoms with van der Waals surface area (Å²) < 4.78 is 5.81. The summed E-state index contributed by atoms with van der Waals surface area (Å²) in [6, 6.07) is 5.13. The molecule has 1 N–H and O–H groups in total. The summed E-state index contributed by atoms with van der Waals surface area (Å²) in [6.07, 6.45) is 1.42. The number of ether oxygens (including phenoxy) is 1. The number of thioether (sulfide) groups is 1. The van der Waals surface area contributed by atoms with Gasteiger partial charge in [-0.25, -0.2) is 9.78 Å². The number of hydrogen-bond acceptors (Lipinski definition) is 7. The number of hydrogen-bond donors (Lipinski definition) is 1. The highest BCUT2D eigenvalue weighted by molar-refractivity contribution is 7.99. The normalized spacial score (nSPS) is 12.3. The van der Waals surface area contributed by atoms with E-state index in [1.807, 2.05) is 6.92 Å². The standard InChI is InChI=1S/C17H17N3O4S2/c1-4-24-17(22)13-9(2)12-15(21)18-14(19-16(12)26-13)10(3)25-11-7-5-6-8-20(11)23/h5-8,10H,4H2,1-3H3,(H,18,19,21). The predicted octanol–water partition coefficient (Wildman–Crippen LogP) is 2.96. The molecule has 0 aliphatic heterocycles. The smallest absolute Gasteiger partial charge is 0.348 e. The molecule has 0 saturated heterocycles. The Morgan fingerprint density at radius 2 is 2.27 bits per heavy atom. The number of carbonyl (C=O) groups excluding carboxylic acids is 1. The van der Waals surface area contributed by atoms with Crippen molar-refractivity contribution in [2.45, 2.75) is 31.0 Å². The first-order chi connectivity index (χ1) is 12.4. The number of rotatable bonds is 5. The molecule has 0 aliphatic rings. The third kappa shape index (κ3) is 3.45. The van der Waals surface area contributed by atoms with Crippen LogP contribution in [0.25, 0.3) is 10.2 Å². The quantitative estimate of drug-likeness (QED) is 0.311. The van der Waals surface area contributed by atoms with Gasteiger partial charge in [0.05, 0.1) is 17.2 Å². The van der Waals surface area contributed by atoms with Crippen molar-refractivity contribution >= 4 is 39.3 Å². The monoisotopic (exact) mass is 391 g/mol. The van der Waals surface area contributed by atoms with E-state index in [0.29, 0.717) is 31.5 Å². The maximum atomic E-state index is 12.5. The molecule has 0 saturated carbocycles. The lowest BCUT2D eigenvalue weighted by Gasteiger charge is -2.10. The second kappa shape index (κ2) is 7.46. The van der Waals surface area contributed by atoms with E-state index in [-0.39, 0.29) is 17.4 Å². The van der Waals surface area contributed by atoms with Crippen molar-refractivity contribution in [2.75, 3.05) is 6.61 Å². The Balaban J connectivity index is 1.99. The fourth-order valence-corrected chi connectivity index (χ4v) is 4.48. The summed E-state index contributed by atoms with van der Waals surface area (Å²) in [4.78, 5) is 32.7. The molecule has 0 aliphatic carbocycles. The largest absolute Gasteiger partial charge is 0.618 e. The average molecular weight is 391 g/mol. The zero-order chi connectivity index (χ0) is 18.8. The molecule has 3 aromatic heterocycles. The highest BCUT2D eigenvalue weighted by Gasteiger charge is 2.22. The molecule has 7 nitrogen and oxygen atoms in total. The lowest BCUT2D eigenvalue weighted by atomic mass is 10.2. The van der Waals surface area contributed by atoms with E-state index >= 15 is 0 Å². The summed E-state index contributed by atoms with van der Waals surface area (Å²) >= 11 is 2.44. The number of pyridine rings is 1. The van der Waals surface area contributed by atoms with E-state index in [4.69, 9.17) is 4.74 Å². The average Bonchev–Trinajstić information content (AvgIpc) is 2.94. The minimum absolute atomic E-state index is 0.247. The number of aromatic amines is 1. The second-order valence-electron chi connectivity index (χ2n) is 5.53. The molecular formula is C17H17N3O4S2. The zero-order valence-corrected chi connectivity index (χ0v) is 16.1. The molecule has 1 unspecified atom stereocenters. The van der Waals surface area contributed by atoms with Crippen molar-refractivity contribution in [1.29, 1.82) is 0 Å². The fourth-order valence-electron chi connectivity index (χ4n) is 2.49. The minimum Gasteiger partial charge on any atom is -0.618 e. The van der Waals surface area contributed by atoms with Crippen LogP contribution in [-0.4, -0.2) is 22.5 Å². The van der Waals surface area contributed by atoms with Crippen LogP contribution in [0.4, 0.5) is 0 Å². The topological polar surface area (TPSA) is 99.0 Å². The number of carbonyl (C=O) groups is 1. The molecule has 0 bridgehead atoms. The Morgan fingerprint density at radius 3 is 2.96 bits per heavy atom. The number of nitrogens with one attached hydrogen (secondary N) is 1. The van der Waals surface area contributed by atoms with Crippen LogP contribution in [0.5, 0.6) is 0 Å². The molecule has 3 rings (SSSR count). The molecular weight excluding hydrogens is 374 g/mol. The van der Waals surface area contributed by atoms with Gasteiger partial charge >= 0.3 is 5.97 Å². The number of aromatic nitrogens is 3.